The summed E-state index contributed by atoms with van der Waals surface area (Å²) in [5.41, 5.74) is 1.08. The van der Waals surface area contributed by atoms with Gasteiger partial charge in [0.05, 0.1) is 11.4 Å². The van der Waals surface area contributed by atoms with Crippen LogP contribution in [0.1, 0.15) is 37.2 Å². The van der Waals surface area contributed by atoms with Crippen LogP contribution in [0.4, 0.5) is 0 Å². The van der Waals surface area contributed by atoms with Gasteiger partial charge in [0.25, 0.3) is 0 Å². The Kier molecular flexibility index (Phi) is 4.60. The lowest BCUT2D eigenvalue weighted by molar-refractivity contribution is 0.776. The Morgan fingerprint density at radius 1 is 1.44 bits per heavy atom. The topological polar surface area (TPSA) is 37.8 Å². The van der Waals surface area contributed by atoms with Gasteiger partial charge in [-0.3, -0.25) is 0 Å². The first-order chi connectivity index (χ1) is 7.88. The zero-order valence-electron chi connectivity index (χ0n) is 9.78. The summed E-state index contributed by atoms with van der Waals surface area (Å²) in [7, 11) is 1.94. The maximum Gasteiger partial charge on any atom is 0.138 e. The average molecular weight is 237 g/mol. The molecule has 3 nitrogen and oxygen atoms in total. The van der Waals surface area contributed by atoms with Crippen molar-refractivity contribution < 1.29 is 0 Å². The third-order valence-electron chi connectivity index (χ3n) is 2.87. The minimum absolute atomic E-state index is 0.823. The van der Waals surface area contributed by atoms with Gasteiger partial charge in [0.1, 0.15) is 5.82 Å². The number of aromatic nitrogens is 2. The van der Waals surface area contributed by atoms with Gasteiger partial charge in [0.15, 0.2) is 0 Å². The molecular weight excluding hydrogens is 218 g/mol. The fraction of sp³-hybridized carbons (Fsp3) is 0.667. The van der Waals surface area contributed by atoms with E-state index in [-0.39, 0.29) is 0 Å². The summed E-state index contributed by atoms with van der Waals surface area (Å²) >= 11 is 2.02. The summed E-state index contributed by atoms with van der Waals surface area (Å²) in [6.45, 7) is 0.823. The molecule has 0 atom stereocenters. The van der Waals surface area contributed by atoms with Gasteiger partial charge in [0, 0.05) is 18.0 Å². The van der Waals surface area contributed by atoms with Crippen LogP contribution in [0.15, 0.2) is 12.3 Å². The second-order valence-corrected chi connectivity index (χ2v) is 5.50. The van der Waals surface area contributed by atoms with E-state index in [0.29, 0.717) is 0 Å². The summed E-state index contributed by atoms with van der Waals surface area (Å²) in [6, 6.07) is 1.97. The number of rotatable bonds is 5. The Labute approximate surface area is 101 Å². The SMILES string of the molecule is CNCc1ccnc(CSC2CCCC2)n1. The molecule has 0 unspecified atom stereocenters. The minimum atomic E-state index is 0.823. The number of thioether (sulfide) groups is 1. The molecule has 1 aliphatic carbocycles. The Hall–Kier alpha value is -0.610. The minimum Gasteiger partial charge on any atom is -0.314 e. The third-order valence-corrected chi connectivity index (χ3v) is 4.24. The standard InChI is InChI=1S/C12H19N3S/c1-13-8-10-6-7-14-12(15-10)9-16-11-4-2-3-5-11/h6-7,11,13H,2-5,8-9H2,1H3. The van der Waals surface area contributed by atoms with E-state index >= 15 is 0 Å². The van der Waals surface area contributed by atoms with Crippen LogP contribution < -0.4 is 5.32 Å². The van der Waals surface area contributed by atoms with Crippen molar-refractivity contribution in [3.8, 4) is 0 Å². The van der Waals surface area contributed by atoms with Gasteiger partial charge in [-0.05, 0) is 26.0 Å². The van der Waals surface area contributed by atoms with Crippen LogP contribution in [-0.4, -0.2) is 22.3 Å². The molecule has 1 aliphatic rings. The monoisotopic (exact) mass is 237 g/mol. The second-order valence-electron chi connectivity index (χ2n) is 4.21. The van der Waals surface area contributed by atoms with Gasteiger partial charge in [-0.1, -0.05) is 12.8 Å². The zero-order valence-corrected chi connectivity index (χ0v) is 10.6. The molecule has 0 bridgehead atoms. The Morgan fingerprint density at radius 2 is 2.25 bits per heavy atom. The molecule has 2 rings (SSSR count). The molecule has 0 saturated heterocycles. The average Bonchev–Trinajstić information content (AvgIpc) is 2.80. The van der Waals surface area contributed by atoms with Crippen LogP contribution in [-0.2, 0) is 12.3 Å². The summed E-state index contributed by atoms with van der Waals surface area (Å²) in [6.07, 6.45) is 7.42. The molecule has 0 aromatic carbocycles. The third kappa shape index (κ3) is 3.46. The van der Waals surface area contributed by atoms with Crippen molar-refractivity contribution in [3.63, 3.8) is 0 Å². The lowest BCUT2D eigenvalue weighted by atomic mass is 10.4. The first-order valence-electron chi connectivity index (χ1n) is 5.95. The number of hydrogen-bond acceptors (Lipinski definition) is 4. The predicted octanol–water partition coefficient (Wildman–Crippen LogP) is 2.37. The predicted molar refractivity (Wildman–Crippen MR) is 68.3 cm³/mol. The fourth-order valence-corrected chi connectivity index (χ4v) is 3.23. The molecular formula is C12H19N3S. The lowest BCUT2D eigenvalue weighted by Gasteiger charge is -2.08. The summed E-state index contributed by atoms with van der Waals surface area (Å²) in [4.78, 5) is 8.85. The first kappa shape index (κ1) is 11.9. The molecule has 1 aromatic rings. The van der Waals surface area contributed by atoms with Gasteiger partial charge in [0.2, 0.25) is 0 Å². The van der Waals surface area contributed by atoms with Crippen molar-refractivity contribution in [2.75, 3.05) is 7.05 Å². The lowest BCUT2D eigenvalue weighted by Crippen LogP contribution is -2.08. The van der Waals surface area contributed by atoms with Crippen LogP contribution in [0.25, 0.3) is 0 Å². The van der Waals surface area contributed by atoms with Crippen molar-refractivity contribution in [1.29, 1.82) is 0 Å². The van der Waals surface area contributed by atoms with Crippen molar-refractivity contribution in [3.05, 3.63) is 23.8 Å². The van der Waals surface area contributed by atoms with Gasteiger partial charge < -0.3 is 5.32 Å². The normalized spacial score (nSPS) is 16.8. The van der Waals surface area contributed by atoms with E-state index in [9.17, 15) is 0 Å². The van der Waals surface area contributed by atoms with Gasteiger partial charge in [-0.2, -0.15) is 11.8 Å². The highest BCUT2D eigenvalue weighted by Crippen LogP contribution is 2.30. The van der Waals surface area contributed by atoms with Gasteiger partial charge in [-0.25, -0.2) is 9.97 Å². The highest BCUT2D eigenvalue weighted by molar-refractivity contribution is 7.99. The fourth-order valence-electron chi connectivity index (χ4n) is 2.04. The molecule has 1 fully saturated rings. The summed E-state index contributed by atoms with van der Waals surface area (Å²) < 4.78 is 0. The Balaban J connectivity index is 1.85. The van der Waals surface area contributed by atoms with Crippen LogP contribution in [0.5, 0.6) is 0 Å². The molecule has 0 amide bonds. The molecule has 1 heterocycles. The van der Waals surface area contributed by atoms with Crippen LogP contribution in [0.3, 0.4) is 0 Å². The van der Waals surface area contributed by atoms with Crippen LogP contribution in [0, 0.1) is 0 Å². The maximum atomic E-state index is 4.53. The highest BCUT2D eigenvalue weighted by Gasteiger charge is 2.15. The first-order valence-corrected chi connectivity index (χ1v) is 7.00. The molecule has 0 spiro atoms. The smallest absolute Gasteiger partial charge is 0.138 e. The number of nitrogens with zero attached hydrogens (tertiary/aromatic N) is 2. The highest BCUT2D eigenvalue weighted by atomic mass is 32.2. The molecule has 1 aromatic heterocycles. The van der Waals surface area contributed by atoms with Crippen molar-refractivity contribution >= 4 is 11.8 Å². The van der Waals surface area contributed by atoms with E-state index in [0.717, 1.165) is 29.1 Å². The van der Waals surface area contributed by atoms with Gasteiger partial charge >= 0.3 is 0 Å². The van der Waals surface area contributed by atoms with E-state index < -0.39 is 0 Å². The Morgan fingerprint density at radius 3 is 3.00 bits per heavy atom. The van der Waals surface area contributed by atoms with E-state index in [2.05, 4.69) is 15.3 Å². The van der Waals surface area contributed by atoms with Gasteiger partial charge in [-0.15, -0.1) is 0 Å². The van der Waals surface area contributed by atoms with Crippen molar-refractivity contribution in [1.82, 2.24) is 15.3 Å². The van der Waals surface area contributed by atoms with Crippen LogP contribution in [0.2, 0.25) is 0 Å². The van der Waals surface area contributed by atoms with E-state index in [1.165, 1.54) is 25.7 Å². The molecule has 88 valence electrons. The van der Waals surface area contributed by atoms with E-state index in [1.54, 1.807) is 0 Å². The second kappa shape index (κ2) is 6.21. The van der Waals surface area contributed by atoms with E-state index in [1.807, 2.05) is 31.1 Å². The quantitative estimate of drug-likeness (QED) is 0.853. The summed E-state index contributed by atoms with van der Waals surface area (Å²) in [5, 5.41) is 3.96. The number of nitrogens with one attached hydrogen (secondary N) is 1. The van der Waals surface area contributed by atoms with Crippen molar-refractivity contribution in [2.24, 2.45) is 0 Å². The molecule has 1 saturated carbocycles. The van der Waals surface area contributed by atoms with Crippen molar-refractivity contribution in [2.45, 2.75) is 43.2 Å². The summed E-state index contributed by atoms with van der Waals surface area (Å²) in [5.74, 6) is 1.94. The molecule has 16 heavy (non-hydrogen) atoms. The van der Waals surface area contributed by atoms with E-state index in [4.69, 9.17) is 0 Å². The zero-order chi connectivity index (χ0) is 11.2. The molecule has 0 aliphatic heterocycles. The largest absolute Gasteiger partial charge is 0.314 e. The van der Waals surface area contributed by atoms with Crippen LogP contribution >= 0.6 is 11.8 Å². The maximum absolute atomic E-state index is 4.53. The Bertz CT molecular complexity index is 324. The molecule has 0 radical (unpaired) electrons. The molecule has 4 heteroatoms. The molecule has 1 N–H and O–H groups in total. The number of hydrogen-bond donors (Lipinski definition) is 1.